The van der Waals surface area contributed by atoms with Crippen molar-refractivity contribution in [1.82, 2.24) is 0 Å². The molecule has 0 aromatic heterocycles. The SMILES string of the molecule is C/C1=[N+](\C)C/[N+](c2c(C)c(C)c(C)c(C)c2C)=C(/C)CC(C)CC(C)C1. The molecular formula is C24H40N2+2. The molecule has 0 N–H and O–H groups in total. The van der Waals surface area contributed by atoms with E-state index in [1.807, 2.05) is 0 Å². The van der Waals surface area contributed by atoms with Crippen LogP contribution < -0.4 is 0 Å². The van der Waals surface area contributed by atoms with Crippen LogP contribution in [-0.2, 0) is 0 Å². The van der Waals surface area contributed by atoms with E-state index < -0.39 is 0 Å². The van der Waals surface area contributed by atoms with Gasteiger partial charge < -0.3 is 0 Å². The Bertz CT molecular complexity index is 736. The Labute approximate surface area is 161 Å². The molecule has 144 valence electrons. The fourth-order valence-electron chi connectivity index (χ4n) is 4.73. The molecule has 2 nitrogen and oxygen atoms in total. The zero-order chi connectivity index (χ0) is 19.8. The van der Waals surface area contributed by atoms with Crippen molar-refractivity contribution in [3.05, 3.63) is 27.8 Å². The van der Waals surface area contributed by atoms with Crippen molar-refractivity contribution in [3.63, 3.8) is 0 Å². The normalized spacial score (nSPS) is 28.4. The molecule has 2 rings (SSSR count). The fourth-order valence-corrected chi connectivity index (χ4v) is 4.73. The molecule has 1 aliphatic rings. The third-order valence-electron chi connectivity index (χ3n) is 6.79. The summed E-state index contributed by atoms with van der Waals surface area (Å²) in [4.78, 5) is 0. The summed E-state index contributed by atoms with van der Waals surface area (Å²) in [6.45, 7) is 21.9. The second-order valence-corrected chi connectivity index (χ2v) is 9.07. The van der Waals surface area contributed by atoms with Gasteiger partial charge in [-0.15, -0.1) is 4.58 Å². The molecule has 0 bridgehead atoms. The van der Waals surface area contributed by atoms with Gasteiger partial charge in [0.1, 0.15) is 7.05 Å². The molecule has 2 heteroatoms. The quantitative estimate of drug-likeness (QED) is 0.557. The molecule has 1 heterocycles. The van der Waals surface area contributed by atoms with Crippen LogP contribution in [-0.4, -0.2) is 34.3 Å². The predicted octanol–water partition coefficient (Wildman–Crippen LogP) is 5.85. The lowest BCUT2D eigenvalue weighted by Crippen LogP contribution is -2.31. The predicted molar refractivity (Wildman–Crippen MR) is 115 cm³/mol. The number of hydrogen-bond donors (Lipinski definition) is 0. The van der Waals surface area contributed by atoms with Crippen LogP contribution in [0.1, 0.15) is 74.8 Å². The van der Waals surface area contributed by atoms with Crippen LogP contribution in [0.15, 0.2) is 0 Å². The number of benzene rings is 1. The molecular weight excluding hydrogens is 316 g/mol. The van der Waals surface area contributed by atoms with Gasteiger partial charge in [-0.25, -0.2) is 0 Å². The molecule has 0 aliphatic carbocycles. The molecule has 0 fully saturated rings. The van der Waals surface area contributed by atoms with Gasteiger partial charge in [-0.05, 0) is 69.6 Å². The second-order valence-electron chi connectivity index (χ2n) is 9.07. The molecule has 0 amide bonds. The summed E-state index contributed by atoms with van der Waals surface area (Å²) in [6.07, 6.45) is 3.69. The largest absolute Gasteiger partial charge is 0.339 e. The van der Waals surface area contributed by atoms with Gasteiger partial charge in [-0.1, -0.05) is 13.8 Å². The van der Waals surface area contributed by atoms with E-state index in [4.69, 9.17) is 0 Å². The molecule has 0 radical (unpaired) electrons. The summed E-state index contributed by atoms with van der Waals surface area (Å²) in [6, 6.07) is 0. The van der Waals surface area contributed by atoms with E-state index in [0.717, 1.165) is 18.5 Å². The summed E-state index contributed by atoms with van der Waals surface area (Å²) < 4.78 is 5.06. The highest BCUT2D eigenvalue weighted by Gasteiger charge is 2.29. The van der Waals surface area contributed by atoms with Gasteiger partial charge in [0.2, 0.25) is 5.69 Å². The molecule has 0 saturated carbocycles. The fraction of sp³-hybridized carbons (Fsp3) is 0.667. The first kappa shape index (κ1) is 20.9. The van der Waals surface area contributed by atoms with Gasteiger partial charge in [-0.2, -0.15) is 4.58 Å². The zero-order valence-electron chi connectivity index (χ0n) is 18.9. The molecule has 2 atom stereocenters. The third-order valence-corrected chi connectivity index (χ3v) is 6.79. The Balaban J connectivity index is 2.71. The van der Waals surface area contributed by atoms with Crippen molar-refractivity contribution >= 4 is 17.1 Å². The van der Waals surface area contributed by atoms with Gasteiger partial charge in [0, 0.05) is 37.8 Å². The number of nitrogens with zero attached hydrogens (tertiary/aromatic N) is 2. The molecule has 1 aliphatic heterocycles. The highest BCUT2D eigenvalue weighted by molar-refractivity contribution is 5.79. The van der Waals surface area contributed by atoms with E-state index in [0.29, 0.717) is 0 Å². The van der Waals surface area contributed by atoms with Crippen molar-refractivity contribution in [2.24, 2.45) is 11.8 Å². The topological polar surface area (TPSA) is 6.02 Å². The van der Waals surface area contributed by atoms with E-state index >= 15 is 0 Å². The summed E-state index contributed by atoms with van der Waals surface area (Å²) >= 11 is 0. The monoisotopic (exact) mass is 356 g/mol. The first-order chi connectivity index (χ1) is 12.0. The zero-order valence-corrected chi connectivity index (χ0v) is 18.9. The maximum atomic E-state index is 2.60. The van der Waals surface area contributed by atoms with E-state index in [-0.39, 0.29) is 0 Å². The molecule has 2 unspecified atom stereocenters. The summed E-state index contributed by atoms with van der Waals surface area (Å²) in [5.41, 5.74) is 11.6. The standard InChI is InChI=1S/C24H40N2/c1-15-11-16(2)13-18(4)26(14-25(10)17(3)12-15)24-22(8)20(6)19(5)21(7)23(24)9/h15-16H,11-14H2,1-10H3/q+2/b25-17-,26-18+. The summed E-state index contributed by atoms with van der Waals surface area (Å²) in [5, 5.41) is 0. The van der Waals surface area contributed by atoms with Crippen molar-refractivity contribution in [2.75, 3.05) is 13.7 Å². The van der Waals surface area contributed by atoms with Crippen molar-refractivity contribution in [2.45, 2.75) is 81.6 Å². The van der Waals surface area contributed by atoms with Gasteiger partial charge >= 0.3 is 6.67 Å². The van der Waals surface area contributed by atoms with E-state index in [1.165, 1.54) is 64.2 Å². The van der Waals surface area contributed by atoms with E-state index in [1.54, 1.807) is 0 Å². The molecule has 1 aromatic carbocycles. The minimum Gasteiger partial charge on any atom is -0.182 e. The van der Waals surface area contributed by atoms with Crippen LogP contribution >= 0.6 is 0 Å². The Kier molecular flexibility index (Phi) is 6.47. The van der Waals surface area contributed by atoms with Crippen LogP contribution in [0, 0.1) is 46.5 Å². The van der Waals surface area contributed by atoms with Crippen LogP contribution in [0.25, 0.3) is 0 Å². The Hall–Kier alpha value is -1.44. The summed E-state index contributed by atoms with van der Waals surface area (Å²) in [7, 11) is 2.26. The average Bonchev–Trinajstić information content (AvgIpc) is 2.56. The number of hydrogen-bond acceptors (Lipinski definition) is 0. The van der Waals surface area contributed by atoms with Gasteiger partial charge in [0.15, 0.2) is 11.4 Å². The van der Waals surface area contributed by atoms with Crippen LogP contribution in [0.3, 0.4) is 0 Å². The second kappa shape index (κ2) is 8.06. The first-order valence-electron chi connectivity index (χ1n) is 10.2. The van der Waals surface area contributed by atoms with Crippen LogP contribution in [0.2, 0.25) is 0 Å². The minimum absolute atomic E-state index is 0.733. The molecule has 0 saturated heterocycles. The van der Waals surface area contributed by atoms with Crippen LogP contribution in [0.5, 0.6) is 0 Å². The summed E-state index contributed by atoms with van der Waals surface area (Å²) in [5.74, 6) is 1.50. The average molecular weight is 357 g/mol. The Morgan fingerprint density at radius 1 is 0.654 bits per heavy atom. The van der Waals surface area contributed by atoms with Crippen molar-refractivity contribution in [3.8, 4) is 0 Å². The Morgan fingerprint density at radius 3 is 1.58 bits per heavy atom. The minimum atomic E-state index is 0.733. The third kappa shape index (κ3) is 4.10. The lowest BCUT2D eigenvalue weighted by Gasteiger charge is -2.21. The maximum Gasteiger partial charge on any atom is 0.339 e. The van der Waals surface area contributed by atoms with Gasteiger partial charge in [0.05, 0.1) is 0 Å². The van der Waals surface area contributed by atoms with Gasteiger partial charge in [-0.3, -0.25) is 0 Å². The molecule has 0 spiro atoms. The highest BCUT2D eigenvalue weighted by atomic mass is 15.2. The van der Waals surface area contributed by atoms with E-state index in [9.17, 15) is 0 Å². The lowest BCUT2D eigenvalue weighted by molar-refractivity contribution is -0.682. The smallest absolute Gasteiger partial charge is 0.182 e. The Morgan fingerprint density at radius 2 is 1.08 bits per heavy atom. The van der Waals surface area contributed by atoms with Gasteiger partial charge in [0.25, 0.3) is 0 Å². The van der Waals surface area contributed by atoms with E-state index in [2.05, 4.69) is 78.5 Å². The molecule has 1 aromatic rings. The molecule has 26 heavy (non-hydrogen) atoms. The number of rotatable bonds is 1. The highest BCUT2D eigenvalue weighted by Crippen LogP contribution is 2.33. The maximum absolute atomic E-state index is 2.60. The first-order valence-corrected chi connectivity index (χ1v) is 10.2. The van der Waals surface area contributed by atoms with Crippen molar-refractivity contribution in [1.29, 1.82) is 0 Å². The lowest BCUT2D eigenvalue weighted by atomic mass is 9.89. The van der Waals surface area contributed by atoms with Crippen molar-refractivity contribution < 1.29 is 9.15 Å². The van der Waals surface area contributed by atoms with Crippen LogP contribution in [0.4, 0.5) is 5.69 Å².